The quantitative estimate of drug-likeness (QED) is 0.0199. The second kappa shape index (κ2) is 72.5. The fraction of sp³-hybridized carbons (Fsp3) is 0.821. The molecule has 0 saturated carbocycles. The van der Waals surface area contributed by atoms with E-state index in [1.807, 2.05) is 0 Å². The minimum Gasteiger partial charge on any atom is -0.381 e. The molecule has 0 aromatic rings. The van der Waals surface area contributed by atoms with Crippen molar-refractivity contribution in [2.75, 3.05) is 191 Å². The van der Waals surface area contributed by atoms with Crippen LogP contribution in [0.5, 0.6) is 0 Å². The molecule has 2 aliphatic heterocycles. The van der Waals surface area contributed by atoms with Gasteiger partial charge in [-0.15, -0.1) is 10.1 Å². The van der Waals surface area contributed by atoms with Crippen molar-refractivity contribution in [2.24, 2.45) is 0 Å². The SMILES string of the molecule is CC1(O)CCC(=O)N1OC(=O)CCOCCOCCOCCNC(=O)CCCCCCCNC(=O)CCOC(CCOCCC(=O)NCCCCCCCC(=O)NCCOCCOCCOCCC(=O)ON1C(=O)CCC1=O)CCOCCC(=O)NCCCCCCCC(=O)NCCOCCOCCOCCC(=O)[N+](=O)C(=O)CCC=O. The summed E-state index contributed by atoms with van der Waals surface area (Å²) in [5.74, 6) is -5.43. The first-order valence-corrected chi connectivity index (χ1v) is 41.6. The van der Waals surface area contributed by atoms with E-state index in [0.717, 1.165) is 96.3 Å². The largest absolute Gasteiger partial charge is 0.445 e. The minimum atomic E-state index is -1.51. The summed E-state index contributed by atoms with van der Waals surface area (Å²) in [6, 6.07) is 0. The number of hydrogen-bond acceptors (Lipinski definition) is 30. The molecule has 7 N–H and O–H groups in total. The van der Waals surface area contributed by atoms with Crippen LogP contribution in [-0.4, -0.2) is 306 Å². The summed E-state index contributed by atoms with van der Waals surface area (Å²) < 4.78 is 66.2. The summed E-state index contributed by atoms with van der Waals surface area (Å²) in [4.78, 5) is 188. The fourth-order valence-corrected chi connectivity index (χ4v) is 11.0. The number of aliphatic hydroxyl groups is 1. The van der Waals surface area contributed by atoms with Gasteiger partial charge in [0, 0.05) is 128 Å². The highest BCUT2D eigenvalue weighted by atomic mass is 16.7. The third-order valence-corrected chi connectivity index (χ3v) is 17.6. The summed E-state index contributed by atoms with van der Waals surface area (Å²) in [7, 11) is 0. The Morgan fingerprint density at radius 1 is 0.359 bits per heavy atom. The molecule has 0 bridgehead atoms. The second-order valence-electron chi connectivity index (χ2n) is 27.7. The predicted molar refractivity (Wildman–Crippen MR) is 416 cm³/mol. The molecule has 0 aromatic heterocycles. The van der Waals surface area contributed by atoms with E-state index in [2.05, 4.69) is 31.9 Å². The molecule has 117 heavy (non-hydrogen) atoms. The van der Waals surface area contributed by atoms with E-state index in [1.165, 1.54) is 6.92 Å². The number of rotatable bonds is 81. The molecule has 2 unspecified atom stereocenters. The van der Waals surface area contributed by atoms with Gasteiger partial charge in [-0.2, -0.15) is 0 Å². The van der Waals surface area contributed by atoms with Crippen LogP contribution in [0.15, 0.2) is 0 Å². The molecular weight excluding hydrogens is 1540 g/mol. The monoisotopic (exact) mass is 1680 g/mol. The maximum atomic E-state index is 12.8. The topological polar surface area (TPSA) is 487 Å². The Morgan fingerprint density at radius 2 is 0.667 bits per heavy atom. The lowest BCUT2D eigenvalue weighted by Crippen LogP contribution is -2.44. The van der Waals surface area contributed by atoms with E-state index in [4.69, 9.17) is 66.5 Å². The van der Waals surface area contributed by atoms with Crippen LogP contribution in [0.2, 0.25) is 0 Å². The van der Waals surface area contributed by atoms with Crippen molar-refractivity contribution in [3.63, 3.8) is 0 Å². The standard InChI is InChI=1S/C78H133N9O30/c1-78(102)33-24-75(99)87(78)117-77(101)32-47-108-54-60-114-63-57-111-51-39-84-67(91)20-13-7-4-10-16-36-81-70(94)29-48-115-64(25-41-104-43-27-68(92)79-34-14-8-2-5-11-18-65(89)82-37-49-109-55-61-112-58-52-106-45-30-72(96)85(103)71(95)21-17-40-88)26-42-105-44-28-69(93)80-35-15-9-3-6-12-19-66(90)83-38-50-110-56-62-113-59-53-107-46-31-76(100)116-86-73(97)22-23-74(86)98/h40,64,102H,2-39,41-63H2,1H3,(H5-,79,80,81,82,83,84,89,90,91,92,93,94)/p+1. The molecule has 2 atom stereocenters. The van der Waals surface area contributed by atoms with Gasteiger partial charge in [0.05, 0.1) is 164 Å². The van der Waals surface area contributed by atoms with E-state index >= 15 is 0 Å². The first kappa shape index (κ1) is 106. The number of imide groups is 2. The smallest absolute Gasteiger partial charge is 0.381 e. The summed E-state index contributed by atoms with van der Waals surface area (Å²) in [6.07, 6.45) is 14.9. The summed E-state index contributed by atoms with van der Waals surface area (Å²) in [5.41, 5.74) is -1.51. The molecule has 2 fully saturated rings. The van der Waals surface area contributed by atoms with E-state index in [9.17, 15) is 77.1 Å². The summed E-state index contributed by atoms with van der Waals surface area (Å²) >= 11 is 0. The van der Waals surface area contributed by atoms with E-state index in [1.54, 1.807) is 0 Å². The fourth-order valence-electron chi connectivity index (χ4n) is 11.0. The number of unbranched alkanes of at least 4 members (excludes halogenated alkanes) is 12. The van der Waals surface area contributed by atoms with Gasteiger partial charge in [0.2, 0.25) is 35.4 Å². The molecule has 670 valence electrons. The number of nitrogens with one attached hydrogen (secondary N) is 6. The van der Waals surface area contributed by atoms with Gasteiger partial charge in [0.25, 0.3) is 17.7 Å². The zero-order valence-corrected chi connectivity index (χ0v) is 68.9. The number of hydrogen-bond donors (Lipinski definition) is 7. The van der Waals surface area contributed by atoms with E-state index < -0.39 is 47.2 Å². The molecule has 39 heteroatoms. The molecule has 2 saturated heterocycles. The molecule has 0 aliphatic carbocycles. The van der Waals surface area contributed by atoms with Gasteiger partial charge >= 0.3 is 23.8 Å². The lowest BCUT2D eigenvalue weighted by atomic mass is 10.1. The highest BCUT2D eigenvalue weighted by Crippen LogP contribution is 2.27. The number of nitroso groups, excluding NO2 is 1. The van der Waals surface area contributed by atoms with Crippen molar-refractivity contribution in [3.8, 4) is 0 Å². The average molecular weight is 1680 g/mol. The van der Waals surface area contributed by atoms with E-state index in [-0.39, 0.29) is 209 Å². The maximum Gasteiger partial charge on any atom is 0.445 e. The van der Waals surface area contributed by atoms with Gasteiger partial charge in [-0.3, -0.25) is 43.2 Å². The molecular formula is C78H134N9O30+. The van der Waals surface area contributed by atoms with Crippen LogP contribution in [0.25, 0.3) is 0 Å². The number of hydroxylamine groups is 4. The van der Waals surface area contributed by atoms with Crippen LogP contribution < -0.4 is 31.9 Å². The number of aldehydes is 1. The zero-order chi connectivity index (χ0) is 85.3. The Balaban J connectivity index is 1.54. The Hall–Kier alpha value is -7.54. The molecule has 0 radical (unpaired) electrons. The van der Waals surface area contributed by atoms with Crippen LogP contribution in [0.1, 0.15) is 212 Å². The Kier molecular flexibility index (Phi) is 65.4. The molecule has 2 aliphatic rings. The molecule has 0 aromatic carbocycles. The van der Waals surface area contributed by atoms with Gasteiger partial charge < -0.3 is 108 Å². The van der Waals surface area contributed by atoms with E-state index in [0.29, 0.717) is 154 Å². The number of ether oxygens (including phenoxy) is 12. The van der Waals surface area contributed by atoms with Gasteiger partial charge in [-0.25, -0.2) is 19.2 Å². The van der Waals surface area contributed by atoms with Gasteiger partial charge in [0.15, 0.2) is 5.72 Å². The van der Waals surface area contributed by atoms with Crippen molar-refractivity contribution in [3.05, 3.63) is 4.91 Å². The summed E-state index contributed by atoms with van der Waals surface area (Å²) in [6.45, 7) is 9.59. The highest BCUT2D eigenvalue weighted by molar-refractivity contribution is 6.01. The third kappa shape index (κ3) is 61.4. The normalized spacial score (nSPS) is 14.2. The Morgan fingerprint density at radius 3 is 1.05 bits per heavy atom. The van der Waals surface area contributed by atoms with Crippen molar-refractivity contribution < 1.29 is 144 Å². The van der Waals surface area contributed by atoms with Gasteiger partial charge in [-0.05, 0) is 58.3 Å². The number of carbonyl (C=O) groups excluding carboxylic acids is 14. The van der Waals surface area contributed by atoms with Crippen LogP contribution in [0.4, 0.5) is 0 Å². The lowest BCUT2D eigenvalue weighted by Gasteiger charge is -2.27. The van der Waals surface area contributed by atoms with Crippen LogP contribution in [0, 0.1) is 4.91 Å². The van der Waals surface area contributed by atoms with Crippen molar-refractivity contribution in [1.29, 1.82) is 0 Å². The number of amides is 11. The van der Waals surface area contributed by atoms with Crippen molar-refractivity contribution >= 4 is 83.2 Å². The first-order valence-electron chi connectivity index (χ1n) is 41.6. The number of carbonyl (C=O) groups is 14. The molecule has 2 heterocycles. The molecule has 39 nitrogen and oxygen atoms in total. The number of nitrogens with zero attached hydrogens (tertiary/aromatic N) is 3. The van der Waals surface area contributed by atoms with Crippen LogP contribution >= 0.6 is 0 Å². The highest BCUT2D eigenvalue weighted by Gasteiger charge is 2.43. The summed E-state index contributed by atoms with van der Waals surface area (Å²) in [5, 5.41) is 28.7. The maximum absolute atomic E-state index is 12.8. The molecule has 2 rings (SSSR count). The zero-order valence-electron chi connectivity index (χ0n) is 68.9. The molecule has 0 spiro atoms. The second-order valence-corrected chi connectivity index (χ2v) is 27.7. The van der Waals surface area contributed by atoms with Gasteiger partial charge in [0.1, 0.15) is 17.5 Å². The van der Waals surface area contributed by atoms with Crippen molar-refractivity contribution in [2.45, 2.75) is 224 Å². The predicted octanol–water partition coefficient (Wildman–Crippen LogP) is 2.60. The third-order valence-electron chi connectivity index (χ3n) is 17.6. The van der Waals surface area contributed by atoms with Crippen LogP contribution in [-0.2, 0) is 134 Å². The molecule has 11 amide bonds. The Bertz CT molecular complexity index is 2810. The first-order chi connectivity index (χ1) is 56.7. The van der Waals surface area contributed by atoms with Gasteiger partial charge in [-0.1, -0.05) is 57.8 Å². The van der Waals surface area contributed by atoms with Crippen molar-refractivity contribution in [1.82, 2.24) is 42.0 Å². The average Bonchev–Trinajstić information content (AvgIpc) is 1.68. The van der Waals surface area contributed by atoms with Crippen LogP contribution in [0.3, 0.4) is 0 Å². The Labute approximate surface area is 686 Å². The lowest BCUT2D eigenvalue weighted by molar-refractivity contribution is -0.402. The minimum absolute atomic E-state index is 0.0243.